The van der Waals surface area contributed by atoms with Gasteiger partial charge in [-0.1, -0.05) is 16.8 Å². The number of hydrogen-bond acceptors (Lipinski definition) is 4. The molecule has 0 bridgehead atoms. The number of esters is 1. The number of carbonyl (C=O) groups is 1. The summed E-state index contributed by atoms with van der Waals surface area (Å²) in [5.41, 5.74) is 1.12. The van der Waals surface area contributed by atoms with Crippen LogP contribution in [0.25, 0.3) is 0 Å². The van der Waals surface area contributed by atoms with Crippen molar-refractivity contribution < 1.29 is 14.7 Å². The zero-order valence-corrected chi connectivity index (χ0v) is 10.5. The predicted octanol–water partition coefficient (Wildman–Crippen LogP) is 3.37. The van der Waals surface area contributed by atoms with Crippen molar-refractivity contribution in [3.8, 4) is 5.75 Å². The van der Waals surface area contributed by atoms with E-state index in [1.807, 2.05) is 0 Å². The van der Waals surface area contributed by atoms with Crippen molar-refractivity contribution in [3.63, 3.8) is 0 Å². The van der Waals surface area contributed by atoms with Crippen molar-refractivity contribution in [1.29, 1.82) is 0 Å². The number of carbonyl (C=O) groups excluding carboxylic acids is 1. The van der Waals surface area contributed by atoms with Crippen LogP contribution < -0.4 is 4.74 Å². The quantitative estimate of drug-likeness (QED) is 0.307. The molecule has 0 saturated heterocycles. The molecule has 0 fully saturated rings. The summed E-state index contributed by atoms with van der Waals surface area (Å²) in [4.78, 5) is 11.8. The van der Waals surface area contributed by atoms with Gasteiger partial charge in [-0.25, -0.2) is 4.79 Å². The third kappa shape index (κ3) is 3.56. The maximum absolute atomic E-state index is 11.8. The minimum Gasteiger partial charge on any atom is -0.423 e. The van der Waals surface area contributed by atoms with Gasteiger partial charge in [0, 0.05) is 5.02 Å². The van der Waals surface area contributed by atoms with Crippen molar-refractivity contribution in [2.45, 2.75) is 0 Å². The summed E-state index contributed by atoms with van der Waals surface area (Å²) in [6.07, 6.45) is 1.28. The lowest BCUT2D eigenvalue weighted by Gasteiger charge is -2.04. The molecule has 1 N–H and O–H groups in total. The highest BCUT2D eigenvalue weighted by molar-refractivity contribution is 6.30. The van der Waals surface area contributed by atoms with Gasteiger partial charge in [-0.15, -0.1) is 0 Å². The van der Waals surface area contributed by atoms with E-state index in [-0.39, 0.29) is 0 Å². The average Bonchev–Trinajstić information content (AvgIpc) is 2.42. The van der Waals surface area contributed by atoms with Crippen LogP contribution in [0.15, 0.2) is 53.7 Å². The van der Waals surface area contributed by atoms with Gasteiger partial charge in [0.15, 0.2) is 0 Å². The van der Waals surface area contributed by atoms with E-state index in [4.69, 9.17) is 21.5 Å². The van der Waals surface area contributed by atoms with Gasteiger partial charge >= 0.3 is 5.97 Å². The van der Waals surface area contributed by atoms with Crippen LogP contribution in [0, 0.1) is 0 Å². The summed E-state index contributed by atoms with van der Waals surface area (Å²) in [5, 5.41) is 11.8. The molecular formula is C14H10ClNO3. The smallest absolute Gasteiger partial charge is 0.343 e. The van der Waals surface area contributed by atoms with Crippen LogP contribution in [0.4, 0.5) is 0 Å². The van der Waals surface area contributed by atoms with Crippen LogP contribution in [0.5, 0.6) is 5.75 Å². The Bertz CT molecular complexity index is 591. The number of halogens is 1. The van der Waals surface area contributed by atoms with Crippen molar-refractivity contribution >= 4 is 23.8 Å². The molecule has 2 aromatic rings. The Morgan fingerprint density at radius 3 is 2.32 bits per heavy atom. The van der Waals surface area contributed by atoms with E-state index in [0.717, 1.165) is 0 Å². The van der Waals surface area contributed by atoms with Gasteiger partial charge < -0.3 is 9.94 Å². The van der Waals surface area contributed by atoms with Crippen LogP contribution in [-0.2, 0) is 0 Å². The SMILES string of the molecule is O=C(Oc1ccc(/C=N/O)cc1)c1ccc(Cl)cc1. The fourth-order valence-electron chi connectivity index (χ4n) is 1.44. The van der Waals surface area contributed by atoms with Crippen molar-refractivity contribution in [2.75, 3.05) is 0 Å². The topological polar surface area (TPSA) is 58.9 Å². The molecule has 96 valence electrons. The van der Waals surface area contributed by atoms with Gasteiger partial charge in [-0.2, -0.15) is 0 Å². The first-order valence-corrected chi connectivity index (χ1v) is 5.82. The third-order valence-electron chi connectivity index (χ3n) is 2.38. The maximum atomic E-state index is 11.8. The molecule has 0 atom stereocenters. The summed E-state index contributed by atoms with van der Waals surface area (Å²) in [7, 11) is 0. The van der Waals surface area contributed by atoms with E-state index in [2.05, 4.69) is 5.16 Å². The first-order valence-electron chi connectivity index (χ1n) is 5.44. The minimum absolute atomic E-state index is 0.412. The summed E-state index contributed by atoms with van der Waals surface area (Å²) in [6, 6.07) is 13.0. The Morgan fingerprint density at radius 2 is 1.74 bits per heavy atom. The number of nitrogens with zero attached hydrogens (tertiary/aromatic N) is 1. The first-order chi connectivity index (χ1) is 9.19. The average molecular weight is 276 g/mol. The molecule has 4 nitrogen and oxygen atoms in total. The van der Waals surface area contributed by atoms with Crippen molar-refractivity contribution in [2.24, 2.45) is 5.16 Å². The molecule has 0 spiro atoms. The van der Waals surface area contributed by atoms with E-state index >= 15 is 0 Å². The number of hydrogen-bond donors (Lipinski definition) is 1. The van der Waals surface area contributed by atoms with Gasteiger partial charge in [0.05, 0.1) is 11.8 Å². The monoisotopic (exact) mass is 275 g/mol. The van der Waals surface area contributed by atoms with E-state index < -0.39 is 5.97 Å². The molecule has 2 aromatic carbocycles. The maximum Gasteiger partial charge on any atom is 0.343 e. The molecule has 0 radical (unpaired) electrons. The summed E-state index contributed by atoms with van der Waals surface area (Å²) < 4.78 is 5.18. The first kappa shape index (κ1) is 13.1. The van der Waals surface area contributed by atoms with E-state index in [9.17, 15) is 4.79 Å². The zero-order valence-electron chi connectivity index (χ0n) is 9.79. The van der Waals surface area contributed by atoms with Gasteiger partial charge in [0.1, 0.15) is 5.75 Å². The molecule has 0 aromatic heterocycles. The molecule has 5 heteroatoms. The van der Waals surface area contributed by atoms with Gasteiger partial charge in [0.25, 0.3) is 0 Å². The highest BCUT2D eigenvalue weighted by atomic mass is 35.5. The van der Waals surface area contributed by atoms with Gasteiger partial charge in [-0.3, -0.25) is 0 Å². The molecule has 0 saturated carbocycles. The van der Waals surface area contributed by atoms with Gasteiger partial charge in [-0.05, 0) is 54.1 Å². The lowest BCUT2D eigenvalue weighted by atomic mass is 10.2. The second kappa shape index (κ2) is 6.02. The molecular weight excluding hydrogens is 266 g/mol. The number of oxime groups is 1. The molecule has 19 heavy (non-hydrogen) atoms. The predicted molar refractivity (Wildman–Crippen MR) is 72.2 cm³/mol. The third-order valence-corrected chi connectivity index (χ3v) is 2.63. The molecule has 0 aliphatic rings. The molecule has 2 rings (SSSR count). The van der Waals surface area contributed by atoms with Crippen molar-refractivity contribution in [3.05, 3.63) is 64.7 Å². The van der Waals surface area contributed by atoms with Crippen molar-refractivity contribution in [1.82, 2.24) is 0 Å². The Kier molecular flexibility index (Phi) is 4.15. The van der Waals surface area contributed by atoms with Crippen LogP contribution in [0.3, 0.4) is 0 Å². The lowest BCUT2D eigenvalue weighted by Crippen LogP contribution is -2.08. The fourth-order valence-corrected chi connectivity index (χ4v) is 1.57. The van der Waals surface area contributed by atoms with E-state index in [0.29, 0.717) is 21.9 Å². The largest absolute Gasteiger partial charge is 0.423 e. The number of rotatable bonds is 3. The van der Waals surface area contributed by atoms with Crippen LogP contribution >= 0.6 is 11.6 Å². The minimum atomic E-state index is -0.458. The zero-order chi connectivity index (χ0) is 13.7. The Morgan fingerprint density at radius 1 is 1.11 bits per heavy atom. The molecule has 0 unspecified atom stereocenters. The van der Waals surface area contributed by atoms with Crippen LogP contribution in [-0.4, -0.2) is 17.4 Å². The standard InChI is InChI=1S/C14H10ClNO3/c15-12-5-3-11(4-6-12)14(17)19-13-7-1-10(2-8-13)9-16-18/h1-9,18H/b16-9+. The Labute approximate surface area is 114 Å². The molecule has 0 aliphatic carbocycles. The second-order valence-corrected chi connectivity index (χ2v) is 4.15. The van der Waals surface area contributed by atoms with E-state index in [1.165, 1.54) is 6.21 Å². The lowest BCUT2D eigenvalue weighted by molar-refractivity contribution is 0.0735. The van der Waals surface area contributed by atoms with Crippen LogP contribution in [0.1, 0.15) is 15.9 Å². The Balaban J connectivity index is 2.08. The van der Waals surface area contributed by atoms with Crippen LogP contribution in [0.2, 0.25) is 5.02 Å². The normalized spacial score (nSPS) is 10.6. The number of ether oxygens (including phenoxy) is 1. The highest BCUT2D eigenvalue weighted by Crippen LogP contribution is 2.15. The second-order valence-electron chi connectivity index (χ2n) is 3.71. The van der Waals surface area contributed by atoms with Gasteiger partial charge in [0.2, 0.25) is 0 Å². The summed E-state index contributed by atoms with van der Waals surface area (Å²) >= 11 is 5.74. The summed E-state index contributed by atoms with van der Waals surface area (Å²) in [5.74, 6) is -0.0460. The van der Waals surface area contributed by atoms with E-state index in [1.54, 1.807) is 48.5 Å². The summed E-state index contributed by atoms with van der Waals surface area (Å²) in [6.45, 7) is 0. The molecule has 0 aliphatic heterocycles. The Hall–Kier alpha value is -2.33. The highest BCUT2D eigenvalue weighted by Gasteiger charge is 2.08. The molecule has 0 heterocycles. The fraction of sp³-hybridized carbons (Fsp3) is 0. The molecule has 0 amide bonds. The number of benzene rings is 2.